The Labute approximate surface area is 118 Å². The van der Waals surface area contributed by atoms with Crippen LogP contribution in [0.5, 0.6) is 0 Å². The fraction of sp³-hybridized carbons (Fsp3) is 0.538. The van der Waals surface area contributed by atoms with Crippen LogP contribution < -0.4 is 5.32 Å². The molecule has 1 N–H and O–H groups in total. The Morgan fingerprint density at radius 2 is 1.89 bits per heavy atom. The second-order valence-electron chi connectivity index (χ2n) is 2.99. The Hall–Kier alpha value is -1.10. The van der Waals surface area contributed by atoms with E-state index in [1.165, 1.54) is 26.1 Å². The molecule has 0 atom stereocenters. The number of hydrogen-bond acceptors (Lipinski definition) is 3. The zero-order valence-corrected chi connectivity index (χ0v) is 13.4. The molecule has 4 nitrogen and oxygen atoms in total. The maximum Gasteiger partial charge on any atom is 0.411 e. The highest BCUT2D eigenvalue weighted by Gasteiger charge is 1.99. The topological polar surface area (TPSA) is 51.2 Å². The van der Waals surface area contributed by atoms with Gasteiger partial charge in [-0.25, -0.2) is 9.78 Å². The van der Waals surface area contributed by atoms with Crippen LogP contribution in [0.25, 0.3) is 0 Å². The maximum absolute atomic E-state index is 10.7. The number of rotatable bonds is 2. The minimum Gasteiger partial charge on any atom is -0.453 e. The molecule has 0 aliphatic carbocycles. The second kappa shape index (κ2) is 14.0. The lowest BCUT2D eigenvalue weighted by Crippen LogP contribution is -2.10. The van der Waals surface area contributed by atoms with Crippen LogP contribution in [0.1, 0.15) is 40.5 Å². The van der Waals surface area contributed by atoms with E-state index in [4.69, 9.17) is 0 Å². The predicted octanol–water partition coefficient (Wildman–Crippen LogP) is 4.86. The molecule has 0 aromatic carbocycles. The SMILES string of the molecule is CC.CCCC.COC(=O)Nc1ccc(Br)nc1. The minimum absolute atomic E-state index is 0.501. The third-order valence-electron chi connectivity index (χ3n) is 1.66. The van der Waals surface area contributed by atoms with Crippen LogP contribution in [0, 0.1) is 0 Å². The largest absolute Gasteiger partial charge is 0.453 e. The first-order valence-electron chi connectivity index (χ1n) is 6.10. The van der Waals surface area contributed by atoms with E-state index in [-0.39, 0.29) is 0 Å². The van der Waals surface area contributed by atoms with Gasteiger partial charge in [0.2, 0.25) is 0 Å². The number of pyridine rings is 1. The number of methoxy groups -OCH3 is 1. The van der Waals surface area contributed by atoms with E-state index in [0.29, 0.717) is 5.69 Å². The highest BCUT2D eigenvalue weighted by Crippen LogP contribution is 2.10. The fourth-order valence-corrected chi connectivity index (χ4v) is 0.853. The standard InChI is InChI=1S/C7H7BrN2O2.C4H10.C2H6/c1-12-7(11)10-5-2-3-6(8)9-4-5;1-3-4-2;1-2/h2-4H,1H3,(H,10,11);3-4H2,1-2H3;1-2H3. The van der Waals surface area contributed by atoms with Gasteiger partial charge in [-0.2, -0.15) is 0 Å². The summed E-state index contributed by atoms with van der Waals surface area (Å²) in [5, 5.41) is 2.47. The van der Waals surface area contributed by atoms with Gasteiger partial charge in [-0.05, 0) is 28.1 Å². The summed E-state index contributed by atoms with van der Waals surface area (Å²) < 4.78 is 5.12. The van der Waals surface area contributed by atoms with Crippen molar-refractivity contribution in [3.8, 4) is 0 Å². The highest BCUT2D eigenvalue weighted by molar-refractivity contribution is 9.10. The lowest BCUT2D eigenvalue weighted by Gasteiger charge is -2.01. The maximum atomic E-state index is 10.7. The highest BCUT2D eigenvalue weighted by atomic mass is 79.9. The zero-order valence-electron chi connectivity index (χ0n) is 11.8. The van der Waals surface area contributed by atoms with E-state index in [0.717, 1.165) is 4.60 Å². The van der Waals surface area contributed by atoms with Crippen molar-refractivity contribution >= 4 is 27.7 Å². The van der Waals surface area contributed by atoms with Crippen molar-refractivity contribution in [1.82, 2.24) is 4.98 Å². The molecule has 0 aliphatic heterocycles. The molecule has 1 rings (SSSR count). The Morgan fingerprint density at radius 1 is 1.33 bits per heavy atom. The van der Waals surface area contributed by atoms with Crippen molar-refractivity contribution in [3.63, 3.8) is 0 Å². The van der Waals surface area contributed by atoms with Gasteiger partial charge in [0.25, 0.3) is 0 Å². The van der Waals surface area contributed by atoms with Crippen LogP contribution >= 0.6 is 15.9 Å². The number of ether oxygens (including phenoxy) is 1. The Bertz CT molecular complexity index is 300. The van der Waals surface area contributed by atoms with Crippen LogP contribution in [-0.2, 0) is 4.74 Å². The number of anilines is 1. The molecule has 1 amide bonds. The number of amides is 1. The molecule has 0 saturated heterocycles. The molecule has 104 valence electrons. The number of halogens is 1. The summed E-state index contributed by atoms with van der Waals surface area (Å²) in [7, 11) is 1.31. The van der Waals surface area contributed by atoms with Crippen molar-refractivity contribution in [2.24, 2.45) is 0 Å². The molecule has 5 heteroatoms. The Balaban J connectivity index is 0. The molecule has 0 unspecified atom stereocenters. The zero-order chi connectivity index (χ0) is 14.4. The number of unbranched alkanes of at least 4 members (excludes halogenated alkanes) is 1. The van der Waals surface area contributed by atoms with Crippen LogP contribution in [0.2, 0.25) is 0 Å². The molecule has 0 spiro atoms. The van der Waals surface area contributed by atoms with Crippen molar-refractivity contribution in [2.45, 2.75) is 40.5 Å². The number of hydrogen-bond donors (Lipinski definition) is 1. The molecule has 18 heavy (non-hydrogen) atoms. The van der Waals surface area contributed by atoms with E-state index in [9.17, 15) is 4.79 Å². The molecular formula is C13H23BrN2O2. The van der Waals surface area contributed by atoms with Gasteiger partial charge < -0.3 is 4.74 Å². The number of nitrogens with one attached hydrogen (secondary N) is 1. The van der Waals surface area contributed by atoms with E-state index >= 15 is 0 Å². The van der Waals surface area contributed by atoms with Gasteiger partial charge in [0.05, 0.1) is 19.0 Å². The van der Waals surface area contributed by atoms with Crippen LogP contribution in [0.15, 0.2) is 22.9 Å². The van der Waals surface area contributed by atoms with E-state index in [2.05, 4.69) is 44.8 Å². The molecule has 0 fully saturated rings. The number of nitrogens with zero attached hydrogens (tertiary/aromatic N) is 1. The molecular weight excluding hydrogens is 296 g/mol. The third kappa shape index (κ3) is 11.4. The van der Waals surface area contributed by atoms with Gasteiger partial charge in [-0.1, -0.05) is 40.5 Å². The van der Waals surface area contributed by atoms with Crippen LogP contribution in [0.3, 0.4) is 0 Å². The number of carbonyl (C=O) groups is 1. The summed E-state index contributed by atoms with van der Waals surface area (Å²) in [6, 6.07) is 3.44. The molecule has 0 radical (unpaired) electrons. The van der Waals surface area contributed by atoms with Crippen LogP contribution in [-0.4, -0.2) is 18.2 Å². The van der Waals surface area contributed by atoms with E-state index in [1.807, 2.05) is 13.8 Å². The summed E-state index contributed by atoms with van der Waals surface area (Å²) in [6.45, 7) is 8.36. The van der Waals surface area contributed by atoms with Crippen molar-refractivity contribution < 1.29 is 9.53 Å². The second-order valence-corrected chi connectivity index (χ2v) is 3.80. The van der Waals surface area contributed by atoms with Crippen LogP contribution in [0.4, 0.5) is 10.5 Å². The quantitative estimate of drug-likeness (QED) is 0.792. The van der Waals surface area contributed by atoms with Gasteiger partial charge in [0.1, 0.15) is 4.60 Å². The first-order valence-corrected chi connectivity index (χ1v) is 6.89. The van der Waals surface area contributed by atoms with Gasteiger partial charge in [-0.3, -0.25) is 5.32 Å². The van der Waals surface area contributed by atoms with E-state index < -0.39 is 6.09 Å². The van der Waals surface area contributed by atoms with E-state index in [1.54, 1.807) is 12.1 Å². The number of carbonyl (C=O) groups excluding carboxylic acids is 1. The fourth-order valence-electron chi connectivity index (χ4n) is 0.619. The minimum atomic E-state index is -0.501. The monoisotopic (exact) mass is 318 g/mol. The first-order chi connectivity index (χ1) is 8.63. The average molecular weight is 319 g/mol. The van der Waals surface area contributed by atoms with Gasteiger partial charge in [-0.15, -0.1) is 0 Å². The van der Waals surface area contributed by atoms with Gasteiger partial charge in [0.15, 0.2) is 0 Å². The number of aromatic nitrogens is 1. The van der Waals surface area contributed by atoms with Crippen molar-refractivity contribution in [1.29, 1.82) is 0 Å². The summed E-state index contributed by atoms with van der Waals surface area (Å²) in [6.07, 6.45) is 3.67. The van der Waals surface area contributed by atoms with Gasteiger partial charge in [0, 0.05) is 0 Å². The predicted molar refractivity (Wildman–Crippen MR) is 79.9 cm³/mol. The lowest BCUT2D eigenvalue weighted by atomic mass is 10.4. The van der Waals surface area contributed by atoms with Crippen molar-refractivity contribution in [3.05, 3.63) is 22.9 Å². The summed E-state index contributed by atoms with van der Waals surface area (Å²) >= 11 is 3.17. The Kier molecular flexibility index (Phi) is 14.9. The summed E-state index contributed by atoms with van der Waals surface area (Å²) in [4.78, 5) is 14.6. The lowest BCUT2D eigenvalue weighted by molar-refractivity contribution is 0.187. The molecule has 0 bridgehead atoms. The molecule has 1 aromatic rings. The molecule has 0 saturated carbocycles. The summed E-state index contributed by atoms with van der Waals surface area (Å²) in [5.41, 5.74) is 0.602. The van der Waals surface area contributed by atoms with Gasteiger partial charge >= 0.3 is 6.09 Å². The Morgan fingerprint density at radius 3 is 2.22 bits per heavy atom. The molecule has 1 heterocycles. The summed E-state index contributed by atoms with van der Waals surface area (Å²) in [5.74, 6) is 0. The smallest absolute Gasteiger partial charge is 0.411 e. The normalized spacial score (nSPS) is 8.11. The molecule has 0 aliphatic rings. The third-order valence-corrected chi connectivity index (χ3v) is 2.13. The first kappa shape index (κ1) is 19.2. The van der Waals surface area contributed by atoms with Crippen molar-refractivity contribution in [2.75, 3.05) is 12.4 Å². The molecule has 1 aromatic heterocycles. The average Bonchev–Trinajstić information content (AvgIpc) is 2.43.